The molecule has 0 unspecified atom stereocenters. The lowest BCUT2D eigenvalue weighted by molar-refractivity contribution is 0.580. The second kappa shape index (κ2) is 7.05. The van der Waals surface area contributed by atoms with E-state index in [1.807, 2.05) is 62.4 Å². The van der Waals surface area contributed by atoms with E-state index >= 15 is 0 Å². The van der Waals surface area contributed by atoms with Gasteiger partial charge >= 0.3 is 0 Å². The van der Waals surface area contributed by atoms with Crippen molar-refractivity contribution >= 4 is 10.0 Å². The lowest BCUT2D eigenvalue weighted by Gasteiger charge is -2.09. The summed E-state index contributed by atoms with van der Waals surface area (Å²) in [5, 5.41) is 4.44. The van der Waals surface area contributed by atoms with Crippen molar-refractivity contribution in [1.82, 2.24) is 14.5 Å². The summed E-state index contributed by atoms with van der Waals surface area (Å²) in [5.74, 6) is 0. The first kappa shape index (κ1) is 18.4. The van der Waals surface area contributed by atoms with Crippen LogP contribution in [-0.4, -0.2) is 18.2 Å². The molecular weight excluding hydrogens is 346 g/mol. The third-order valence-electron chi connectivity index (χ3n) is 4.32. The van der Waals surface area contributed by atoms with Crippen molar-refractivity contribution in [2.75, 3.05) is 0 Å². The van der Waals surface area contributed by atoms with Gasteiger partial charge in [-0.05, 0) is 45.4 Å². The van der Waals surface area contributed by atoms with Crippen molar-refractivity contribution in [3.63, 3.8) is 0 Å². The van der Waals surface area contributed by atoms with Crippen molar-refractivity contribution in [2.45, 2.75) is 39.1 Å². The number of rotatable bonds is 5. The quantitative estimate of drug-likeness (QED) is 0.748. The molecule has 0 radical (unpaired) electrons. The Bertz CT molecular complexity index is 1040. The van der Waals surface area contributed by atoms with Gasteiger partial charge in [0.1, 0.15) is 4.90 Å². The summed E-state index contributed by atoms with van der Waals surface area (Å²) in [7, 11) is -3.66. The Hall–Kier alpha value is -2.44. The molecule has 0 bridgehead atoms. The van der Waals surface area contributed by atoms with Gasteiger partial charge in [-0.1, -0.05) is 47.5 Å². The van der Waals surface area contributed by atoms with Gasteiger partial charge in [0, 0.05) is 6.54 Å². The second-order valence-electron chi connectivity index (χ2n) is 6.56. The highest BCUT2D eigenvalue weighted by molar-refractivity contribution is 7.89. The van der Waals surface area contributed by atoms with Crippen LogP contribution in [0.15, 0.2) is 53.4 Å². The topological polar surface area (TPSA) is 64.0 Å². The maximum absolute atomic E-state index is 12.9. The third-order valence-corrected chi connectivity index (χ3v) is 5.97. The first-order chi connectivity index (χ1) is 12.3. The lowest BCUT2D eigenvalue weighted by Crippen LogP contribution is -2.24. The summed E-state index contributed by atoms with van der Waals surface area (Å²) in [4.78, 5) is 0.241. The molecule has 1 heterocycles. The predicted octanol–water partition coefficient (Wildman–Crippen LogP) is 3.58. The molecule has 0 atom stereocenters. The summed E-state index contributed by atoms with van der Waals surface area (Å²) in [6, 6.07) is 15.6. The number of hydrogen-bond acceptors (Lipinski definition) is 3. The van der Waals surface area contributed by atoms with E-state index in [9.17, 15) is 8.42 Å². The average molecular weight is 369 g/mol. The van der Waals surface area contributed by atoms with Crippen LogP contribution in [0.2, 0.25) is 0 Å². The number of benzene rings is 2. The van der Waals surface area contributed by atoms with Gasteiger partial charge in [-0.3, -0.25) is 0 Å². The molecule has 1 N–H and O–H groups in total. The van der Waals surface area contributed by atoms with Gasteiger partial charge in [0.25, 0.3) is 0 Å². The Morgan fingerprint density at radius 2 is 1.65 bits per heavy atom. The van der Waals surface area contributed by atoms with Crippen LogP contribution < -0.4 is 4.72 Å². The normalized spacial score (nSPS) is 11.7. The highest BCUT2D eigenvalue weighted by Gasteiger charge is 2.24. The van der Waals surface area contributed by atoms with Gasteiger partial charge in [0.15, 0.2) is 0 Å². The minimum atomic E-state index is -3.66. The molecule has 6 heteroatoms. The maximum atomic E-state index is 12.9. The van der Waals surface area contributed by atoms with Crippen molar-refractivity contribution in [3.8, 4) is 5.69 Å². The van der Waals surface area contributed by atoms with E-state index < -0.39 is 10.0 Å². The summed E-state index contributed by atoms with van der Waals surface area (Å²) in [5.41, 5.74) is 5.10. The van der Waals surface area contributed by atoms with E-state index in [1.54, 1.807) is 18.5 Å². The van der Waals surface area contributed by atoms with Gasteiger partial charge in [-0.25, -0.2) is 17.8 Å². The van der Waals surface area contributed by atoms with Crippen LogP contribution in [0.1, 0.15) is 28.1 Å². The van der Waals surface area contributed by atoms with Crippen LogP contribution in [-0.2, 0) is 16.6 Å². The number of sulfonamides is 1. The Kier molecular flexibility index (Phi) is 4.98. The van der Waals surface area contributed by atoms with E-state index in [2.05, 4.69) is 9.82 Å². The number of hydrogen-bond donors (Lipinski definition) is 1. The molecule has 5 nitrogen and oxygen atoms in total. The van der Waals surface area contributed by atoms with Gasteiger partial charge < -0.3 is 0 Å². The molecule has 0 spiro atoms. The largest absolute Gasteiger partial charge is 0.244 e. The Morgan fingerprint density at radius 1 is 0.962 bits per heavy atom. The van der Waals surface area contributed by atoms with Gasteiger partial charge in [0.05, 0.1) is 17.1 Å². The van der Waals surface area contributed by atoms with Gasteiger partial charge in [-0.15, -0.1) is 0 Å². The van der Waals surface area contributed by atoms with E-state index in [-0.39, 0.29) is 11.4 Å². The Labute approximate surface area is 154 Å². The summed E-state index contributed by atoms with van der Waals surface area (Å²) in [6.07, 6.45) is 0. The average Bonchev–Trinajstić information content (AvgIpc) is 2.89. The predicted molar refractivity (Wildman–Crippen MR) is 103 cm³/mol. The van der Waals surface area contributed by atoms with E-state index in [4.69, 9.17) is 0 Å². The summed E-state index contributed by atoms with van der Waals surface area (Å²) in [6.45, 7) is 7.74. The highest BCUT2D eigenvalue weighted by Crippen LogP contribution is 2.23. The SMILES string of the molecule is Cc1ccc(-n2nc(C)c(S(=O)(=O)NCc3cccc(C)c3)c2C)cc1. The molecule has 0 saturated carbocycles. The van der Waals surface area contributed by atoms with E-state index in [0.29, 0.717) is 11.4 Å². The van der Waals surface area contributed by atoms with Crippen LogP contribution in [0.5, 0.6) is 0 Å². The zero-order chi connectivity index (χ0) is 18.9. The van der Waals surface area contributed by atoms with Crippen LogP contribution >= 0.6 is 0 Å². The molecule has 0 fully saturated rings. The fourth-order valence-corrected chi connectivity index (χ4v) is 4.43. The molecule has 136 valence electrons. The smallest absolute Gasteiger partial charge is 0.236 e. The summed E-state index contributed by atoms with van der Waals surface area (Å²) >= 11 is 0. The van der Waals surface area contributed by atoms with Crippen LogP contribution in [0.25, 0.3) is 5.69 Å². The van der Waals surface area contributed by atoms with Crippen molar-refractivity contribution in [1.29, 1.82) is 0 Å². The molecule has 0 saturated heterocycles. The molecule has 0 aliphatic rings. The Morgan fingerprint density at radius 3 is 2.31 bits per heavy atom. The molecular formula is C20H23N3O2S. The van der Waals surface area contributed by atoms with Crippen molar-refractivity contribution < 1.29 is 8.42 Å². The standard InChI is InChI=1S/C20H23N3O2S/c1-14-8-10-19(11-9-14)23-17(4)20(16(3)22-23)26(24,25)21-13-18-7-5-6-15(2)12-18/h5-12,21H,13H2,1-4H3. The summed E-state index contributed by atoms with van der Waals surface area (Å²) < 4.78 is 30.1. The molecule has 0 aliphatic carbocycles. The molecule has 0 aliphatic heterocycles. The van der Waals surface area contributed by atoms with E-state index in [1.165, 1.54) is 0 Å². The van der Waals surface area contributed by atoms with Gasteiger partial charge in [0.2, 0.25) is 10.0 Å². The van der Waals surface area contributed by atoms with Gasteiger partial charge in [-0.2, -0.15) is 5.10 Å². The minimum absolute atomic E-state index is 0.241. The number of nitrogens with zero attached hydrogens (tertiary/aromatic N) is 2. The third kappa shape index (κ3) is 3.71. The monoisotopic (exact) mass is 369 g/mol. The molecule has 2 aromatic carbocycles. The highest BCUT2D eigenvalue weighted by atomic mass is 32.2. The zero-order valence-corrected chi connectivity index (χ0v) is 16.3. The molecule has 3 rings (SSSR count). The fourth-order valence-electron chi connectivity index (χ4n) is 3.03. The zero-order valence-electron chi connectivity index (χ0n) is 15.4. The molecule has 1 aromatic heterocycles. The first-order valence-electron chi connectivity index (χ1n) is 8.46. The van der Waals surface area contributed by atoms with Crippen LogP contribution in [0.3, 0.4) is 0 Å². The van der Waals surface area contributed by atoms with Crippen molar-refractivity contribution in [2.24, 2.45) is 0 Å². The molecule has 3 aromatic rings. The lowest BCUT2D eigenvalue weighted by atomic mass is 10.1. The number of nitrogens with one attached hydrogen (secondary N) is 1. The number of aromatic nitrogens is 2. The maximum Gasteiger partial charge on any atom is 0.244 e. The fraction of sp³-hybridized carbons (Fsp3) is 0.250. The Balaban J connectivity index is 1.91. The second-order valence-corrected chi connectivity index (χ2v) is 8.26. The first-order valence-corrected chi connectivity index (χ1v) is 9.95. The van der Waals surface area contributed by atoms with Crippen LogP contribution in [0, 0.1) is 27.7 Å². The molecule has 0 amide bonds. The van der Waals surface area contributed by atoms with Crippen LogP contribution in [0.4, 0.5) is 0 Å². The van der Waals surface area contributed by atoms with Crippen molar-refractivity contribution in [3.05, 3.63) is 76.6 Å². The van der Waals surface area contributed by atoms with E-state index in [0.717, 1.165) is 22.4 Å². The number of aryl methyl sites for hydroxylation is 3. The minimum Gasteiger partial charge on any atom is -0.236 e. The molecule has 26 heavy (non-hydrogen) atoms.